The standard InChI is InChI=1S/C18H31N5O2/c1-5-19-17(21-12-15-9-7-8-10-20-15)22-13-16(11-14(3)4)23-18(24)25-6-2/h7-10,14,16H,5-6,11-13H2,1-4H3,(H,23,24)(H2,19,21,22). The molecule has 1 rings (SSSR count). The lowest BCUT2D eigenvalue weighted by molar-refractivity contribution is 0.146. The first kappa shape index (κ1) is 20.7. The lowest BCUT2D eigenvalue weighted by Gasteiger charge is -2.22. The molecule has 0 radical (unpaired) electrons. The van der Waals surface area contributed by atoms with Crippen LogP contribution in [0.5, 0.6) is 0 Å². The van der Waals surface area contributed by atoms with Crippen LogP contribution >= 0.6 is 0 Å². The van der Waals surface area contributed by atoms with Crippen LogP contribution in [0.3, 0.4) is 0 Å². The van der Waals surface area contributed by atoms with E-state index in [-0.39, 0.29) is 12.1 Å². The number of hydrogen-bond donors (Lipinski definition) is 3. The molecule has 1 amide bonds. The average molecular weight is 349 g/mol. The summed E-state index contributed by atoms with van der Waals surface area (Å²) >= 11 is 0. The quantitative estimate of drug-likeness (QED) is 0.470. The fourth-order valence-corrected chi connectivity index (χ4v) is 2.32. The maximum absolute atomic E-state index is 11.7. The summed E-state index contributed by atoms with van der Waals surface area (Å²) in [7, 11) is 0. The predicted octanol–water partition coefficient (Wildman–Crippen LogP) is 2.30. The van der Waals surface area contributed by atoms with Gasteiger partial charge in [0.25, 0.3) is 0 Å². The number of rotatable bonds is 9. The first-order valence-electron chi connectivity index (χ1n) is 8.90. The van der Waals surface area contributed by atoms with Crippen LogP contribution in [0.2, 0.25) is 0 Å². The van der Waals surface area contributed by atoms with E-state index in [1.54, 1.807) is 13.1 Å². The van der Waals surface area contributed by atoms with E-state index in [9.17, 15) is 4.79 Å². The van der Waals surface area contributed by atoms with Crippen LogP contribution in [0, 0.1) is 5.92 Å². The van der Waals surface area contributed by atoms with E-state index >= 15 is 0 Å². The molecule has 1 aromatic rings. The number of aromatic nitrogens is 1. The van der Waals surface area contributed by atoms with Crippen LogP contribution in [0.15, 0.2) is 29.4 Å². The lowest BCUT2D eigenvalue weighted by atomic mass is 10.0. The highest BCUT2D eigenvalue weighted by Crippen LogP contribution is 2.04. The summed E-state index contributed by atoms with van der Waals surface area (Å²) in [4.78, 5) is 20.5. The molecule has 3 N–H and O–H groups in total. The Morgan fingerprint density at radius 1 is 1.28 bits per heavy atom. The molecular formula is C18H31N5O2. The van der Waals surface area contributed by atoms with Gasteiger partial charge in [0.05, 0.1) is 18.8 Å². The molecule has 0 fully saturated rings. The minimum absolute atomic E-state index is 0.0299. The van der Waals surface area contributed by atoms with Crippen molar-refractivity contribution in [3.63, 3.8) is 0 Å². The molecule has 0 spiro atoms. The van der Waals surface area contributed by atoms with Gasteiger partial charge in [-0.2, -0.15) is 0 Å². The zero-order chi connectivity index (χ0) is 18.5. The van der Waals surface area contributed by atoms with E-state index < -0.39 is 0 Å². The third-order valence-corrected chi connectivity index (χ3v) is 3.34. The Morgan fingerprint density at radius 2 is 2.08 bits per heavy atom. The number of carbonyl (C=O) groups is 1. The van der Waals surface area contributed by atoms with Crippen molar-refractivity contribution in [3.05, 3.63) is 30.1 Å². The molecule has 1 unspecified atom stereocenters. The molecule has 7 heteroatoms. The number of alkyl carbamates (subject to hydrolysis) is 1. The van der Waals surface area contributed by atoms with Crippen LogP contribution in [-0.4, -0.2) is 42.8 Å². The Labute approximate surface area is 150 Å². The van der Waals surface area contributed by atoms with E-state index in [1.807, 2.05) is 25.1 Å². The zero-order valence-corrected chi connectivity index (χ0v) is 15.7. The number of nitrogens with zero attached hydrogens (tertiary/aromatic N) is 2. The van der Waals surface area contributed by atoms with Gasteiger partial charge in [0.2, 0.25) is 0 Å². The second kappa shape index (κ2) is 12.1. The third-order valence-electron chi connectivity index (χ3n) is 3.34. The number of nitrogens with one attached hydrogen (secondary N) is 3. The van der Waals surface area contributed by atoms with Gasteiger partial charge in [0.15, 0.2) is 5.96 Å². The highest BCUT2D eigenvalue weighted by Gasteiger charge is 2.15. The van der Waals surface area contributed by atoms with Gasteiger partial charge in [-0.05, 0) is 38.3 Å². The average Bonchev–Trinajstić information content (AvgIpc) is 2.57. The summed E-state index contributed by atoms with van der Waals surface area (Å²) in [6, 6.07) is 5.74. The number of ether oxygens (including phenoxy) is 1. The van der Waals surface area contributed by atoms with E-state index in [4.69, 9.17) is 4.74 Å². The third kappa shape index (κ3) is 9.54. The molecule has 0 saturated carbocycles. The Bertz CT molecular complexity index is 519. The van der Waals surface area contributed by atoms with Crippen LogP contribution in [0.1, 0.15) is 39.8 Å². The van der Waals surface area contributed by atoms with Gasteiger partial charge in [0, 0.05) is 25.3 Å². The fourth-order valence-electron chi connectivity index (χ4n) is 2.32. The van der Waals surface area contributed by atoms with Gasteiger partial charge in [-0.25, -0.2) is 9.79 Å². The molecular weight excluding hydrogens is 318 g/mol. The van der Waals surface area contributed by atoms with Crippen molar-refractivity contribution in [2.75, 3.05) is 19.7 Å². The molecule has 140 valence electrons. The van der Waals surface area contributed by atoms with Crippen molar-refractivity contribution in [1.29, 1.82) is 0 Å². The fraction of sp³-hybridized carbons (Fsp3) is 0.611. The largest absolute Gasteiger partial charge is 0.450 e. The molecule has 25 heavy (non-hydrogen) atoms. The van der Waals surface area contributed by atoms with Crippen LogP contribution in [0.25, 0.3) is 0 Å². The summed E-state index contributed by atoms with van der Waals surface area (Å²) in [5, 5.41) is 9.39. The van der Waals surface area contributed by atoms with Gasteiger partial charge in [-0.1, -0.05) is 19.9 Å². The van der Waals surface area contributed by atoms with Crippen LogP contribution in [-0.2, 0) is 11.3 Å². The highest BCUT2D eigenvalue weighted by atomic mass is 16.5. The van der Waals surface area contributed by atoms with Gasteiger partial charge in [0.1, 0.15) is 0 Å². The van der Waals surface area contributed by atoms with Crippen LogP contribution in [0.4, 0.5) is 4.79 Å². The van der Waals surface area contributed by atoms with Crippen LogP contribution < -0.4 is 16.0 Å². The second-order valence-electron chi connectivity index (χ2n) is 6.09. The molecule has 0 aromatic carbocycles. The maximum Gasteiger partial charge on any atom is 0.407 e. The van der Waals surface area contributed by atoms with Gasteiger partial charge in [-0.15, -0.1) is 0 Å². The molecule has 0 aliphatic rings. The van der Waals surface area contributed by atoms with E-state index in [2.05, 4.69) is 39.8 Å². The number of guanidine groups is 1. The SMILES string of the molecule is CCNC(=NCc1ccccn1)NCC(CC(C)C)NC(=O)OCC. The molecule has 0 aliphatic carbocycles. The summed E-state index contributed by atoms with van der Waals surface area (Å²) in [5.74, 6) is 1.16. The molecule has 0 saturated heterocycles. The number of carbonyl (C=O) groups excluding carboxylic acids is 1. The van der Waals surface area contributed by atoms with Crippen molar-refractivity contribution in [2.24, 2.45) is 10.9 Å². The zero-order valence-electron chi connectivity index (χ0n) is 15.7. The topological polar surface area (TPSA) is 87.6 Å². The summed E-state index contributed by atoms with van der Waals surface area (Å²) < 4.78 is 4.98. The molecule has 1 aromatic heterocycles. The summed E-state index contributed by atoms with van der Waals surface area (Å²) in [6.45, 7) is 10.3. The van der Waals surface area contributed by atoms with Crippen molar-refractivity contribution in [1.82, 2.24) is 20.9 Å². The summed E-state index contributed by atoms with van der Waals surface area (Å²) in [5.41, 5.74) is 0.906. The van der Waals surface area contributed by atoms with Gasteiger partial charge < -0.3 is 20.7 Å². The van der Waals surface area contributed by atoms with Gasteiger partial charge >= 0.3 is 6.09 Å². The molecule has 0 bridgehead atoms. The van der Waals surface area contributed by atoms with Crippen molar-refractivity contribution < 1.29 is 9.53 Å². The van der Waals surface area contributed by atoms with E-state index in [1.165, 1.54) is 0 Å². The van der Waals surface area contributed by atoms with E-state index in [0.717, 1.165) is 18.7 Å². The van der Waals surface area contributed by atoms with Crippen molar-refractivity contribution in [2.45, 2.75) is 46.7 Å². The molecule has 1 heterocycles. The minimum Gasteiger partial charge on any atom is -0.450 e. The minimum atomic E-state index is -0.384. The van der Waals surface area contributed by atoms with Gasteiger partial charge in [-0.3, -0.25) is 4.98 Å². The Balaban J connectivity index is 2.62. The number of amides is 1. The van der Waals surface area contributed by atoms with Crippen molar-refractivity contribution in [3.8, 4) is 0 Å². The Morgan fingerprint density at radius 3 is 2.68 bits per heavy atom. The van der Waals surface area contributed by atoms with Crippen molar-refractivity contribution >= 4 is 12.1 Å². The Kier molecular flexibility index (Phi) is 10.0. The number of aliphatic imine (C=N–C) groups is 1. The molecule has 1 atom stereocenters. The lowest BCUT2D eigenvalue weighted by Crippen LogP contribution is -2.47. The first-order valence-corrected chi connectivity index (χ1v) is 8.90. The number of hydrogen-bond acceptors (Lipinski definition) is 4. The number of pyridine rings is 1. The molecule has 0 aliphatic heterocycles. The molecule has 7 nitrogen and oxygen atoms in total. The second-order valence-corrected chi connectivity index (χ2v) is 6.09. The normalized spacial score (nSPS) is 12.6. The smallest absolute Gasteiger partial charge is 0.407 e. The Hall–Kier alpha value is -2.31. The van der Waals surface area contributed by atoms with E-state index in [0.29, 0.717) is 31.6 Å². The summed E-state index contributed by atoms with van der Waals surface area (Å²) in [6.07, 6.45) is 2.23. The highest BCUT2D eigenvalue weighted by molar-refractivity contribution is 5.79. The maximum atomic E-state index is 11.7. The monoisotopic (exact) mass is 349 g/mol. The first-order chi connectivity index (χ1) is 12.0. The predicted molar refractivity (Wildman–Crippen MR) is 100 cm³/mol.